The molecule has 0 saturated heterocycles. The first-order valence-corrected chi connectivity index (χ1v) is 17.7. The van der Waals surface area contributed by atoms with Crippen molar-refractivity contribution in [1.82, 2.24) is 0 Å². The second-order valence-corrected chi connectivity index (χ2v) is 14.5. The Labute approximate surface area is 296 Å². The highest BCUT2D eigenvalue weighted by atomic mass is 16.5. The quantitative estimate of drug-likeness (QED) is 0.0525. The summed E-state index contributed by atoms with van der Waals surface area (Å²) in [5.74, 6) is 2.92. The molecule has 0 heterocycles. The van der Waals surface area contributed by atoms with Crippen LogP contribution in [0.4, 0.5) is 0 Å². The van der Waals surface area contributed by atoms with Crippen LogP contribution in [0.5, 0.6) is 28.7 Å². The summed E-state index contributed by atoms with van der Waals surface area (Å²) in [7, 11) is 6.25. The van der Waals surface area contributed by atoms with Gasteiger partial charge in [-0.25, -0.2) is 0 Å². The van der Waals surface area contributed by atoms with E-state index >= 15 is 0 Å². The fourth-order valence-electron chi connectivity index (χ4n) is 6.04. The topological polar surface area (TPSA) is 96.2 Å². The lowest BCUT2D eigenvalue weighted by Gasteiger charge is -2.36. The zero-order chi connectivity index (χ0) is 36.5. The Morgan fingerprint density at radius 1 is 0.735 bits per heavy atom. The minimum absolute atomic E-state index is 0.0488. The van der Waals surface area contributed by atoms with Crippen LogP contribution in [0, 0.1) is 28.1 Å². The number of allylic oxidation sites excluding steroid dienone is 1. The fraction of sp³-hybridized carbons (Fsp3) is 0.610. The monoisotopic (exact) mass is 679 g/mol. The zero-order valence-electron chi connectivity index (χ0n) is 31.8. The molecule has 8 heteroatoms. The van der Waals surface area contributed by atoms with Crippen LogP contribution in [-0.4, -0.2) is 47.6 Å². The molecular weight excluding hydrogens is 618 g/mol. The average Bonchev–Trinajstić information content (AvgIpc) is 3.07. The molecule has 0 radical (unpaired) electrons. The smallest absolute Gasteiger partial charge is 0.312 e. The molecule has 8 nitrogen and oxygen atoms in total. The molecular formula is C41H61NO7. The maximum Gasteiger partial charge on any atom is 0.312 e. The lowest BCUT2D eigenvalue weighted by molar-refractivity contribution is -0.160. The van der Waals surface area contributed by atoms with E-state index in [0.717, 1.165) is 37.7 Å². The third kappa shape index (κ3) is 13.2. The normalized spacial score (nSPS) is 13.0. The molecule has 49 heavy (non-hydrogen) atoms. The Kier molecular flexibility index (Phi) is 17.4. The minimum Gasteiger partial charge on any atom is -0.493 e. The first-order chi connectivity index (χ1) is 23.3. The molecule has 0 bridgehead atoms. The average molecular weight is 680 g/mol. The molecule has 0 aliphatic heterocycles. The first-order valence-electron chi connectivity index (χ1n) is 17.7. The van der Waals surface area contributed by atoms with Gasteiger partial charge in [-0.1, -0.05) is 85.6 Å². The van der Waals surface area contributed by atoms with Crippen LogP contribution in [0.15, 0.2) is 30.3 Å². The lowest BCUT2D eigenvalue weighted by atomic mass is 9.69. The van der Waals surface area contributed by atoms with E-state index in [1.807, 2.05) is 18.2 Å². The fourth-order valence-corrected chi connectivity index (χ4v) is 6.04. The molecule has 0 N–H and O–H groups in total. The maximum absolute atomic E-state index is 12.9. The predicted molar refractivity (Wildman–Crippen MR) is 198 cm³/mol. The van der Waals surface area contributed by atoms with Crippen LogP contribution in [0.25, 0.3) is 11.6 Å². The molecule has 272 valence electrons. The summed E-state index contributed by atoms with van der Waals surface area (Å²) >= 11 is 0. The Bertz CT molecular complexity index is 1360. The number of esters is 1. The van der Waals surface area contributed by atoms with E-state index in [-0.39, 0.29) is 17.3 Å². The van der Waals surface area contributed by atoms with Gasteiger partial charge in [0.2, 0.25) is 5.75 Å². The standard InChI is InChI=1S/C41H61NO7/c1-30(2)41(6,29-40(3,4)5)39(43)49-23-19-17-15-13-11-12-14-16-18-22-48-34-21-20-31(25-35(34)44-7)24-33(28-42)32-26-36(45-8)38(47-10)37(27-32)46-9/h20-21,24-27,30H,11-19,22-23,29H2,1-10H3/b33-24+. The van der Waals surface area contributed by atoms with Gasteiger partial charge in [-0.15, -0.1) is 0 Å². The number of methoxy groups -OCH3 is 4. The van der Waals surface area contributed by atoms with E-state index in [0.29, 0.717) is 53.1 Å². The van der Waals surface area contributed by atoms with E-state index in [2.05, 4.69) is 47.6 Å². The highest BCUT2D eigenvalue weighted by Crippen LogP contribution is 2.41. The van der Waals surface area contributed by atoms with Gasteiger partial charge in [-0.3, -0.25) is 4.79 Å². The number of carbonyl (C=O) groups excluding carboxylic acids is 1. The van der Waals surface area contributed by atoms with Gasteiger partial charge < -0.3 is 28.4 Å². The third-order valence-electron chi connectivity index (χ3n) is 9.01. The zero-order valence-corrected chi connectivity index (χ0v) is 31.8. The predicted octanol–water partition coefficient (Wildman–Crippen LogP) is 10.3. The number of hydrogen-bond acceptors (Lipinski definition) is 8. The highest BCUT2D eigenvalue weighted by Gasteiger charge is 2.41. The van der Waals surface area contributed by atoms with Gasteiger partial charge in [0.25, 0.3) is 0 Å². The number of nitriles is 1. The number of nitrogens with zero attached hydrogens (tertiary/aromatic N) is 1. The van der Waals surface area contributed by atoms with Crippen molar-refractivity contribution in [2.75, 3.05) is 41.7 Å². The van der Waals surface area contributed by atoms with E-state index < -0.39 is 5.41 Å². The van der Waals surface area contributed by atoms with Crippen LogP contribution < -0.4 is 23.7 Å². The van der Waals surface area contributed by atoms with Crippen molar-refractivity contribution in [3.05, 3.63) is 41.5 Å². The number of rotatable bonds is 22. The number of benzene rings is 2. The van der Waals surface area contributed by atoms with Crippen LogP contribution in [0.1, 0.15) is 117 Å². The molecule has 2 rings (SSSR count). The van der Waals surface area contributed by atoms with Crippen molar-refractivity contribution in [3.63, 3.8) is 0 Å². The summed E-state index contributed by atoms with van der Waals surface area (Å²) in [6, 6.07) is 11.4. The summed E-state index contributed by atoms with van der Waals surface area (Å²) in [5.41, 5.74) is 1.54. The first kappa shape index (κ1) is 41.3. The van der Waals surface area contributed by atoms with Gasteiger partial charge in [0.05, 0.1) is 58.7 Å². The largest absolute Gasteiger partial charge is 0.493 e. The van der Waals surface area contributed by atoms with Gasteiger partial charge in [-0.2, -0.15) is 5.26 Å². The SMILES string of the molecule is COc1cc(/C=C(\C#N)c2cc(OC)c(OC)c(OC)c2)ccc1OCCCCCCCCCCCOC(=O)C(C)(CC(C)(C)C)C(C)C. The Hall–Kier alpha value is -3.86. The molecule has 1 atom stereocenters. The summed E-state index contributed by atoms with van der Waals surface area (Å²) in [4.78, 5) is 12.9. The number of ether oxygens (including phenoxy) is 6. The van der Waals surface area contributed by atoms with Gasteiger partial charge in [0, 0.05) is 0 Å². The number of carbonyl (C=O) groups is 1. The molecule has 0 spiro atoms. The number of unbranched alkanes of at least 4 members (excludes halogenated alkanes) is 8. The van der Waals surface area contributed by atoms with Gasteiger partial charge in [-0.05, 0) is 79.0 Å². The van der Waals surface area contributed by atoms with Crippen molar-refractivity contribution in [1.29, 1.82) is 5.26 Å². The summed E-state index contributed by atoms with van der Waals surface area (Å²) in [6.45, 7) is 14.0. The minimum atomic E-state index is -0.439. The van der Waals surface area contributed by atoms with Crippen LogP contribution in [0.3, 0.4) is 0 Å². The highest BCUT2D eigenvalue weighted by molar-refractivity contribution is 5.91. The van der Waals surface area contributed by atoms with Crippen molar-refractivity contribution in [3.8, 4) is 34.8 Å². The molecule has 2 aromatic rings. The van der Waals surface area contributed by atoms with Crippen LogP contribution in [0.2, 0.25) is 0 Å². The summed E-state index contributed by atoms with van der Waals surface area (Å²) < 4.78 is 33.7. The molecule has 0 saturated carbocycles. The molecule has 0 fully saturated rings. The summed E-state index contributed by atoms with van der Waals surface area (Å²) in [5, 5.41) is 9.93. The molecule has 2 aromatic carbocycles. The third-order valence-corrected chi connectivity index (χ3v) is 9.01. The van der Waals surface area contributed by atoms with E-state index in [9.17, 15) is 10.1 Å². The Balaban J connectivity index is 1.71. The second kappa shape index (κ2) is 20.6. The summed E-state index contributed by atoms with van der Waals surface area (Å²) in [6.07, 6.45) is 12.7. The van der Waals surface area contributed by atoms with Gasteiger partial charge in [0.15, 0.2) is 23.0 Å². The molecule has 1 unspecified atom stereocenters. The molecule has 0 aromatic heterocycles. The van der Waals surface area contributed by atoms with E-state index in [1.165, 1.54) is 32.1 Å². The number of hydrogen-bond donors (Lipinski definition) is 0. The van der Waals surface area contributed by atoms with Crippen molar-refractivity contribution < 1.29 is 33.2 Å². The van der Waals surface area contributed by atoms with Gasteiger partial charge in [0.1, 0.15) is 0 Å². The van der Waals surface area contributed by atoms with E-state index in [4.69, 9.17) is 28.4 Å². The molecule has 0 amide bonds. The Morgan fingerprint density at radius 2 is 1.27 bits per heavy atom. The second-order valence-electron chi connectivity index (χ2n) is 14.5. The van der Waals surface area contributed by atoms with Crippen molar-refractivity contribution in [2.24, 2.45) is 16.7 Å². The van der Waals surface area contributed by atoms with Crippen LogP contribution >= 0.6 is 0 Å². The molecule has 0 aliphatic rings. The van der Waals surface area contributed by atoms with E-state index in [1.54, 1.807) is 46.6 Å². The molecule has 0 aliphatic carbocycles. The Morgan fingerprint density at radius 3 is 1.73 bits per heavy atom. The lowest BCUT2D eigenvalue weighted by Crippen LogP contribution is -2.38. The maximum atomic E-state index is 12.9. The van der Waals surface area contributed by atoms with Crippen molar-refractivity contribution in [2.45, 2.75) is 106 Å². The van der Waals surface area contributed by atoms with Gasteiger partial charge >= 0.3 is 5.97 Å². The van der Waals surface area contributed by atoms with Crippen LogP contribution in [-0.2, 0) is 9.53 Å². The van der Waals surface area contributed by atoms with Crippen molar-refractivity contribution >= 4 is 17.6 Å².